The molecule has 1 aliphatic rings. The molecule has 1 unspecified atom stereocenters. The zero-order valence-corrected chi connectivity index (χ0v) is 6.02. The first-order valence-corrected chi connectivity index (χ1v) is 3.49. The average molecular weight is 141 g/mol. The van der Waals surface area contributed by atoms with E-state index in [-0.39, 0.29) is 24.0 Å². The van der Waals surface area contributed by atoms with Gasteiger partial charge in [0.25, 0.3) is 0 Å². The molecule has 0 saturated carbocycles. The van der Waals surface area contributed by atoms with E-state index in [1.54, 1.807) is 0 Å². The molecule has 0 radical (unpaired) electrons. The van der Waals surface area contributed by atoms with Crippen molar-refractivity contribution >= 4 is 11.7 Å². The molecule has 10 heavy (non-hydrogen) atoms. The van der Waals surface area contributed by atoms with Gasteiger partial charge in [-0.3, -0.25) is 9.59 Å². The number of carbonyl (C=O) groups excluding carboxylic acids is 2. The quantitative estimate of drug-likeness (QED) is 0.486. The molecule has 3 heteroatoms. The lowest BCUT2D eigenvalue weighted by Gasteiger charge is -2.00. The molecular formula is C7H11NO2. The second kappa shape index (κ2) is 2.82. The van der Waals surface area contributed by atoms with Gasteiger partial charge in [-0.05, 0) is 6.42 Å². The van der Waals surface area contributed by atoms with Crippen molar-refractivity contribution in [2.75, 3.05) is 6.54 Å². The highest BCUT2D eigenvalue weighted by atomic mass is 16.2. The van der Waals surface area contributed by atoms with E-state index in [1.807, 2.05) is 6.92 Å². The van der Waals surface area contributed by atoms with E-state index in [4.69, 9.17) is 0 Å². The summed E-state index contributed by atoms with van der Waals surface area (Å²) in [4.78, 5) is 21.7. The first-order valence-electron chi connectivity index (χ1n) is 3.49. The van der Waals surface area contributed by atoms with Crippen LogP contribution in [0, 0.1) is 5.92 Å². The van der Waals surface area contributed by atoms with Gasteiger partial charge in [0.05, 0.1) is 6.42 Å². The Morgan fingerprint density at radius 2 is 2.20 bits per heavy atom. The molecule has 1 rings (SSSR count). The fourth-order valence-electron chi connectivity index (χ4n) is 0.984. The third kappa shape index (κ3) is 1.56. The molecule has 0 aromatic rings. The van der Waals surface area contributed by atoms with Gasteiger partial charge in [-0.25, -0.2) is 0 Å². The summed E-state index contributed by atoms with van der Waals surface area (Å²) in [6.07, 6.45) is 0.853. The average Bonchev–Trinajstić information content (AvgIpc) is 1.96. The molecule has 1 heterocycles. The van der Waals surface area contributed by atoms with Gasteiger partial charge in [-0.2, -0.15) is 0 Å². The summed E-state index contributed by atoms with van der Waals surface area (Å²) < 4.78 is 0. The van der Waals surface area contributed by atoms with Gasteiger partial charge < -0.3 is 5.32 Å². The van der Waals surface area contributed by atoms with Gasteiger partial charge in [0.1, 0.15) is 5.78 Å². The maximum absolute atomic E-state index is 11.0. The number of carbonyl (C=O) groups is 2. The van der Waals surface area contributed by atoms with E-state index >= 15 is 0 Å². The van der Waals surface area contributed by atoms with Gasteiger partial charge in [0, 0.05) is 12.5 Å². The Labute approximate surface area is 59.8 Å². The third-order valence-electron chi connectivity index (χ3n) is 1.78. The van der Waals surface area contributed by atoms with Crippen LogP contribution in [0.15, 0.2) is 0 Å². The van der Waals surface area contributed by atoms with E-state index in [0.29, 0.717) is 6.54 Å². The van der Waals surface area contributed by atoms with Crippen molar-refractivity contribution in [1.82, 2.24) is 5.32 Å². The van der Waals surface area contributed by atoms with E-state index in [0.717, 1.165) is 6.42 Å². The summed E-state index contributed by atoms with van der Waals surface area (Å²) in [5.74, 6) is -0.0108. The molecule has 0 bridgehead atoms. The second-order valence-corrected chi connectivity index (χ2v) is 2.68. The van der Waals surface area contributed by atoms with Crippen molar-refractivity contribution in [3.05, 3.63) is 0 Å². The number of hydrogen-bond acceptors (Lipinski definition) is 2. The zero-order valence-electron chi connectivity index (χ0n) is 6.02. The Morgan fingerprint density at radius 1 is 1.50 bits per heavy atom. The maximum atomic E-state index is 11.0. The summed E-state index contributed by atoms with van der Waals surface area (Å²) >= 11 is 0. The second-order valence-electron chi connectivity index (χ2n) is 2.68. The molecule has 1 N–H and O–H groups in total. The monoisotopic (exact) mass is 141 g/mol. The standard InChI is InChI=1S/C7H11NO2/c1-5-2-3-8-7(10)4-6(5)9/h5H,2-4H2,1H3,(H,8,10). The lowest BCUT2D eigenvalue weighted by atomic mass is 10.0. The number of nitrogens with one attached hydrogen (secondary N) is 1. The molecule has 1 fully saturated rings. The largest absolute Gasteiger partial charge is 0.356 e. The van der Waals surface area contributed by atoms with Crippen molar-refractivity contribution in [1.29, 1.82) is 0 Å². The molecule has 0 aliphatic carbocycles. The molecule has 56 valence electrons. The molecule has 0 aromatic heterocycles. The van der Waals surface area contributed by atoms with Crippen molar-refractivity contribution in [3.8, 4) is 0 Å². The predicted molar refractivity (Wildman–Crippen MR) is 36.4 cm³/mol. The van der Waals surface area contributed by atoms with Crippen LogP contribution in [-0.2, 0) is 9.59 Å². The number of ketones is 1. The summed E-state index contributed by atoms with van der Waals surface area (Å²) in [6, 6.07) is 0. The maximum Gasteiger partial charge on any atom is 0.227 e. The smallest absolute Gasteiger partial charge is 0.227 e. The van der Waals surface area contributed by atoms with Crippen molar-refractivity contribution < 1.29 is 9.59 Å². The van der Waals surface area contributed by atoms with Crippen LogP contribution in [-0.4, -0.2) is 18.2 Å². The normalized spacial score (nSPS) is 27.5. The summed E-state index contributed by atoms with van der Waals surface area (Å²) in [5.41, 5.74) is 0. The van der Waals surface area contributed by atoms with Gasteiger partial charge in [0.15, 0.2) is 0 Å². The lowest BCUT2D eigenvalue weighted by molar-refractivity contribution is -0.128. The SMILES string of the molecule is CC1CCNC(=O)CC1=O. The lowest BCUT2D eigenvalue weighted by Crippen LogP contribution is -2.22. The fraction of sp³-hybridized carbons (Fsp3) is 0.714. The third-order valence-corrected chi connectivity index (χ3v) is 1.78. The van der Waals surface area contributed by atoms with Crippen LogP contribution in [0.3, 0.4) is 0 Å². The highest BCUT2D eigenvalue weighted by Crippen LogP contribution is 2.07. The molecule has 1 aliphatic heterocycles. The van der Waals surface area contributed by atoms with Crippen LogP contribution in [0.1, 0.15) is 19.8 Å². The van der Waals surface area contributed by atoms with Crippen LogP contribution < -0.4 is 5.32 Å². The van der Waals surface area contributed by atoms with Crippen molar-refractivity contribution in [3.63, 3.8) is 0 Å². The molecule has 0 spiro atoms. The molecule has 0 aromatic carbocycles. The fourth-order valence-corrected chi connectivity index (χ4v) is 0.984. The van der Waals surface area contributed by atoms with Crippen LogP contribution in [0.5, 0.6) is 0 Å². The Morgan fingerprint density at radius 3 is 2.90 bits per heavy atom. The van der Waals surface area contributed by atoms with Crippen molar-refractivity contribution in [2.45, 2.75) is 19.8 Å². The Balaban J connectivity index is 2.57. The van der Waals surface area contributed by atoms with Crippen LogP contribution in [0.4, 0.5) is 0 Å². The topological polar surface area (TPSA) is 46.2 Å². The summed E-state index contributed by atoms with van der Waals surface area (Å²) in [6.45, 7) is 2.51. The summed E-state index contributed by atoms with van der Waals surface area (Å²) in [5, 5.41) is 2.65. The van der Waals surface area contributed by atoms with Gasteiger partial charge in [-0.15, -0.1) is 0 Å². The molecule has 1 amide bonds. The van der Waals surface area contributed by atoms with E-state index in [2.05, 4.69) is 5.32 Å². The highest BCUT2D eigenvalue weighted by molar-refractivity contribution is 5.99. The Bertz CT molecular complexity index is 165. The molecule has 3 nitrogen and oxygen atoms in total. The number of rotatable bonds is 0. The number of amides is 1. The van der Waals surface area contributed by atoms with Crippen LogP contribution >= 0.6 is 0 Å². The minimum absolute atomic E-state index is 0.0546. The highest BCUT2D eigenvalue weighted by Gasteiger charge is 2.19. The Hall–Kier alpha value is -0.860. The van der Waals surface area contributed by atoms with Gasteiger partial charge in [-0.1, -0.05) is 6.92 Å². The molecule has 1 saturated heterocycles. The van der Waals surface area contributed by atoms with Crippen LogP contribution in [0.2, 0.25) is 0 Å². The van der Waals surface area contributed by atoms with E-state index < -0.39 is 0 Å². The van der Waals surface area contributed by atoms with Crippen molar-refractivity contribution in [2.24, 2.45) is 5.92 Å². The number of hydrogen-bond donors (Lipinski definition) is 1. The number of Topliss-reactive ketones (excluding diaryl/α,β-unsaturated/α-hetero) is 1. The zero-order chi connectivity index (χ0) is 7.56. The van der Waals surface area contributed by atoms with Gasteiger partial charge in [0.2, 0.25) is 5.91 Å². The minimum Gasteiger partial charge on any atom is -0.356 e. The molecule has 1 atom stereocenters. The van der Waals surface area contributed by atoms with Gasteiger partial charge >= 0.3 is 0 Å². The predicted octanol–water partition coefficient (Wildman–Crippen LogP) is 0.102. The minimum atomic E-state index is -0.130. The van der Waals surface area contributed by atoms with E-state index in [1.165, 1.54) is 0 Å². The summed E-state index contributed by atoms with van der Waals surface area (Å²) in [7, 11) is 0. The molecular weight excluding hydrogens is 130 g/mol. The first-order chi connectivity index (χ1) is 4.70. The first kappa shape index (κ1) is 7.25. The van der Waals surface area contributed by atoms with Crippen LogP contribution in [0.25, 0.3) is 0 Å². The Kier molecular flexibility index (Phi) is 2.04. The van der Waals surface area contributed by atoms with E-state index in [9.17, 15) is 9.59 Å².